The summed E-state index contributed by atoms with van der Waals surface area (Å²) in [5.41, 5.74) is 6.80. The molecule has 12 heteroatoms. The first kappa shape index (κ1) is 34.7. The second kappa shape index (κ2) is 14.6. The van der Waals surface area contributed by atoms with E-state index in [9.17, 15) is 24.0 Å². The molecule has 2 atom stereocenters. The fourth-order valence-corrected chi connectivity index (χ4v) is 5.85. The number of aliphatic imine (C=N–C) groups is 1. The van der Waals surface area contributed by atoms with Crippen LogP contribution in [0, 0.1) is 5.92 Å². The van der Waals surface area contributed by atoms with E-state index < -0.39 is 53.6 Å². The van der Waals surface area contributed by atoms with Crippen LogP contribution in [0.25, 0.3) is 5.70 Å². The Hall–Kier alpha value is -5.65. The van der Waals surface area contributed by atoms with E-state index in [2.05, 4.69) is 10.3 Å². The van der Waals surface area contributed by atoms with Crippen molar-refractivity contribution in [3.8, 4) is 0 Å². The highest BCUT2D eigenvalue weighted by Gasteiger charge is 2.42. The Kier molecular flexibility index (Phi) is 10.4. The molecule has 3 N–H and O–H groups in total. The van der Waals surface area contributed by atoms with Crippen LogP contribution in [-0.4, -0.2) is 75.9 Å². The Balaban J connectivity index is 1.48. The highest BCUT2D eigenvalue weighted by molar-refractivity contribution is 6.39. The van der Waals surface area contributed by atoms with Gasteiger partial charge in [-0.3, -0.25) is 33.8 Å². The molecular weight excluding hydrogens is 624 g/mol. The topological polar surface area (TPSA) is 155 Å². The van der Waals surface area contributed by atoms with Crippen LogP contribution >= 0.6 is 0 Å². The highest BCUT2D eigenvalue weighted by atomic mass is 16.5. The molecule has 0 radical (unpaired) electrons. The summed E-state index contributed by atoms with van der Waals surface area (Å²) in [6, 6.07) is 19.5. The maximum absolute atomic E-state index is 14.4. The first-order valence-electron chi connectivity index (χ1n) is 16.1. The molecular formula is C37H41N6O6+. The molecule has 2 aliphatic heterocycles. The molecule has 2 aromatic carbocycles. The van der Waals surface area contributed by atoms with Gasteiger partial charge in [-0.05, 0) is 37.0 Å². The third-order valence-electron chi connectivity index (χ3n) is 8.16. The Morgan fingerprint density at radius 2 is 1.69 bits per heavy atom. The van der Waals surface area contributed by atoms with Crippen molar-refractivity contribution >= 4 is 41.0 Å². The van der Waals surface area contributed by atoms with Crippen LogP contribution in [0.1, 0.15) is 49.2 Å². The number of benzene rings is 2. The molecule has 2 aliphatic rings. The largest absolute Gasteiger partial charge is 0.473 e. The third kappa shape index (κ3) is 8.26. The average Bonchev–Trinajstić information content (AvgIpc) is 3.44. The van der Waals surface area contributed by atoms with Crippen LogP contribution in [0.2, 0.25) is 0 Å². The molecule has 12 nitrogen and oxygen atoms in total. The number of hydrogen-bond donors (Lipinski definition) is 2. The van der Waals surface area contributed by atoms with Crippen molar-refractivity contribution in [1.82, 2.24) is 15.1 Å². The van der Waals surface area contributed by atoms with E-state index >= 15 is 0 Å². The Labute approximate surface area is 285 Å². The highest BCUT2D eigenvalue weighted by Crippen LogP contribution is 2.31. The zero-order valence-corrected chi connectivity index (χ0v) is 28.0. The minimum Gasteiger partial charge on any atom is -0.473 e. The van der Waals surface area contributed by atoms with Crippen molar-refractivity contribution < 1.29 is 33.3 Å². The summed E-state index contributed by atoms with van der Waals surface area (Å²) in [5.74, 6) is -2.90. The van der Waals surface area contributed by atoms with Gasteiger partial charge < -0.3 is 15.8 Å². The quantitative estimate of drug-likeness (QED) is 0.283. The predicted molar refractivity (Wildman–Crippen MR) is 181 cm³/mol. The summed E-state index contributed by atoms with van der Waals surface area (Å²) < 4.78 is 7.12. The number of ketones is 1. The predicted octanol–water partition coefficient (Wildman–Crippen LogP) is 2.27. The van der Waals surface area contributed by atoms with Gasteiger partial charge in [0, 0.05) is 18.7 Å². The van der Waals surface area contributed by atoms with Crippen molar-refractivity contribution in [3.63, 3.8) is 0 Å². The fraction of sp³-hybridized carbons (Fsp3) is 0.324. The summed E-state index contributed by atoms with van der Waals surface area (Å²) in [6.07, 6.45) is 4.90. The molecule has 4 amide bonds. The molecule has 0 saturated heterocycles. The van der Waals surface area contributed by atoms with Gasteiger partial charge in [-0.1, -0.05) is 74.5 Å². The maximum Gasteiger partial charge on any atom is 0.283 e. The van der Waals surface area contributed by atoms with Gasteiger partial charge in [-0.15, -0.1) is 0 Å². The van der Waals surface area contributed by atoms with Gasteiger partial charge in [-0.2, -0.15) is 4.57 Å². The van der Waals surface area contributed by atoms with Gasteiger partial charge in [0.25, 0.3) is 23.6 Å². The number of hydrogen-bond acceptors (Lipinski definition) is 7. The Morgan fingerprint density at radius 3 is 2.31 bits per heavy atom. The van der Waals surface area contributed by atoms with E-state index in [-0.39, 0.29) is 37.0 Å². The summed E-state index contributed by atoms with van der Waals surface area (Å²) in [5, 5.41) is 2.84. The van der Waals surface area contributed by atoms with E-state index in [4.69, 9.17) is 10.5 Å². The molecule has 0 bridgehead atoms. The number of pyridine rings is 1. The lowest BCUT2D eigenvalue weighted by Gasteiger charge is -2.41. The van der Waals surface area contributed by atoms with Crippen molar-refractivity contribution in [1.29, 1.82) is 0 Å². The van der Waals surface area contributed by atoms with Gasteiger partial charge in [0.05, 0.1) is 11.2 Å². The molecule has 3 aromatic rings. The van der Waals surface area contributed by atoms with E-state index in [0.29, 0.717) is 11.3 Å². The summed E-state index contributed by atoms with van der Waals surface area (Å²) in [6.45, 7) is 7.06. The molecule has 3 heterocycles. The molecule has 0 spiro atoms. The molecule has 5 rings (SSSR count). The van der Waals surface area contributed by atoms with E-state index in [1.54, 1.807) is 48.8 Å². The number of Topliss-reactive ketones (excluding diaryl/α,β-unsaturated/α-hetero) is 1. The lowest BCUT2D eigenvalue weighted by Crippen LogP contribution is -2.57. The first-order valence-corrected chi connectivity index (χ1v) is 16.1. The van der Waals surface area contributed by atoms with Crippen LogP contribution in [0.15, 0.2) is 96.4 Å². The number of carbonyl (C=O) groups is 5. The SMILES string of the molecule is CC(C)[C@@H]1C(=O)N(CC(=O)N[C@@H](Cc2ccccc2)C(=O)C2=NC(C)(C)CO2)C(c2ccccc2)=CN1C(=O)c1ccc[n+](CC(N)=O)c1. The number of aromatic nitrogens is 1. The van der Waals surface area contributed by atoms with E-state index in [0.717, 1.165) is 5.56 Å². The third-order valence-corrected chi connectivity index (χ3v) is 8.16. The minimum atomic E-state index is -1.00. The standard InChI is InChI=1S/C37H40N6O6/c1-24(2)32-36(48)42(22-31(45)39-28(18-25-12-7-5-8-13-25)33(46)34-40-37(3,4)23-49-34)29(26-14-9-6-10-15-26)20-43(32)35(47)27-16-11-17-41(19-27)21-30(38)44/h5-17,19-20,24,28,32H,18,21-23H2,1-4H3,(H2-,38,39,44,45)/p+1/t28-,32+/m0/s1. The number of nitrogens with one attached hydrogen (secondary N) is 1. The molecule has 1 aromatic heterocycles. The molecule has 254 valence electrons. The van der Waals surface area contributed by atoms with Gasteiger partial charge in [0.1, 0.15) is 30.8 Å². The smallest absolute Gasteiger partial charge is 0.283 e. The Morgan fingerprint density at radius 1 is 1.02 bits per heavy atom. The van der Waals surface area contributed by atoms with Crippen LogP contribution < -0.4 is 15.6 Å². The van der Waals surface area contributed by atoms with Crippen molar-refractivity contribution in [2.75, 3.05) is 13.2 Å². The van der Waals surface area contributed by atoms with Gasteiger partial charge in [0.15, 0.2) is 12.4 Å². The first-order chi connectivity index (χ1) is 23.3. The monoisotopic (exact) mass is 665 g/mol. The van der Waals surface area contributed by atoms with Gasteiger partial charge in [0.2, 0.25) is 18.2 Å². The number of primary amides is 1. The van der Waals surface area contributed by atoms with E-state index in [1.165, 1.54) is 20.6 Å². The molecule has 0 unspecified atom stereocenters. The van der Waals surface area contributed by atoms with E-state index in [1.807, 2.05) is 64.1 Å². The van der Waals surface area contributed by atoms with Crippen LogP contribution in [0.4, 0.5) is 0 Å². The van der Waals surface area contributed by atoms with Crippen LogP contribution in [-0.2, 0) is 36.9 Å². The number of amides is 4. The average molecular weight is 666 g/mol. The number of nitrogens with two attached hydrogens (primary N) is 1. The number of rotatable bonds is 12. The molecule has 0 saturated carbocycles. The number of nitrogens with zero attached hydrogens (tertiary/aromatic N) is 4. The van der Waals surface area contributed by atoms with Gasteiger partial charge in [-0.25, -0.2) is 4.99 Å². The summed E-state index contributed by atoms with van der Waals surface area (Å²) in [4.78, 5) is 74.6. The Bertz CT molecular complexity index is 1800. The molecule has 0 aliphatic carbocycles. The molecule has 49 heavy (non-hydrogen) atoms. The van der Waals surface area contributed by atoms with Crippen molar-refractivity contribution in [3.05, 3.63) is 108 Å². The minimum absolute atomic E-state index is 0.0442. The zero-order valence-electron chi connectivity index (χ0n) is 28.0. The summed E-state index contributed by atoms with van der Waals surface area (Å²) in [7, 11) is 0. The van der Waals surface area contributed by atoms with Gasteiger partial charge >= 0.3 is 0 Å². The molecule has 0 fully saturated rings. The fourth-order valence-electron chi connectivity index (χ4n) is 5.85. The lowest BCUT2D eigenvalue weighted by atomic mass is 9.96. The second-order valence-electron chi connectivity index (χ2n) is 13.1. The maximum atomic E-state index is 14.4. The summed E-state index contributed by atoms with van der Waals surface area (Å²) >= 11 is 0. The normalized spacial score (nSPS) is 17.6. The lowest BCUT2D eigenvalue weighted by molar-refractivity contribution is -0.684. The van der Waals surface area contributed by atoms with Crippen LogP contribution in [0.5, 0.6) is 0 Å². The number of ether oxygens (including phenoxy) is 1. The second-order valence-corrected chi connectivity index (χ2v) is 13.1. The van der Waals surface area contributed by atoms with Crippen molar-refractivity contribution in [2.45, 2.75) is 58.3 Å². The number of carbonyl (C=O) groups excluding carboxylic acids is 5. The zero-order chi connectivity index (χ0) is 35.3. The van der Waals surface area contributed by atoms with Crippen molar-refractivity contribution in [2.24, 2.45) is 16.6 Å². The van der Waals surface area contributed by atoms with Crippen LogP contribution in [0.3, 0.4) is 0 Å².